The fourth-order valence-electron chi connectivity index (χ4n) is 1.31. The summed E-state index contributed by atoms with van der Waals surface area (Å²) in [5.74, 6) is 0.454. The molecule has 0 aliphatic carbocycles. The second kappa shape index (κ2) is 10.0. The Kier molecular flexibility index (Phi) is 8.57. The van der Waals surface area contributed by atoms with E-state index in [4.69, 9.17) is 19.9 Å². The fraction of sp³-hybridized carbons (Fsp3) is 0.538. The Hall–Kier alpha value is -0.820. The molecule has 0 aliphatic rings. The summed E-state index contributed by atoms with van der Waals surface area (Å²) >= 11 is 1.48. The maximum Gasteiger partial charge on any atom is 0.124 e. The third-order valence-electron chi connectivity index (χ3n) is 2.26. The first-order valence-corrected chi connectivity index (χ1v) is 7.05. The molecule has 1 rings (SSSR count). The minimum absolute atomic E-state index is 0.274. The van der Waals surface area contributed by atoms with Crippen LogP contribution < -0.4 is 5.73 Å². The van der Waals surface area contributed by atoms with Gasteiger partial charge in [-0.2, -0.15) is 0 Å². The van der Waals surface area contributed by atoms with E-state index in [9.17, 15) is 4.39 Å². The molecule has 0 saturated heterocycles. The van der Waals surface area contributed by atoms with Gasteiger partial charge < -0.3 is 19.9 Å². The van der Waals surface area contributed by atoms with E-state index in [1.807, 2.05) is 0 Å². The smallest absolute Gasteiger partial charge is 0.124 e. The van der Waals surface area contributed by atoms with Gasteiger partial charge >= 0.3 is 0 Å². The molecule has 0 fully saturated rings. The summed E-state index contributed by atoms with van der Waals surface area (Å²) in [6, 6.07) is 4.36. The molecule has 1 aromatic rings. The van der Waals surface area contributed by atoms with Gasteiger partial charge in [0.2, 0.25) is 0 Å². The quantitative estimate of drug-likeness (QED) is 0.406. The number of nitrogen functional groups attached to an aromatic ring is 1. The van der Waals surface area contributed by atoms with Crippen molar-refractivity contribution in [3.63, 3.8) is 0 Å². The summed E-state index contributed by atoms with van der Waals surface area (Å²) in [7, 11) is 1.63. The first-order valence-electron chi connectivity index (χ1n) is 6.06. The van der Waals surface area contributed by atoms with Crippen LogP contribution in [0.1, 0.15) is 0 Å². The van der Waals surface area contributed by atoms with Crippen LogP contribution in [0.15, 0.2) is 23.1 Å². The predicted octanol–water partition coefficient (Wildman–Crippen LogP) is 2.18. The Bertz CT molecular complexity index is 366. The van der Waals surface area contributed by atoms with Gasteiger partial charge in [0.25, 0.3) is 0 Å². The molecule has 0 saturated carbocycles. The van der Waals surface area contributed by atoms with Crippen molar-refractivity contribution < 1.29 is 18.6 Å². The topological polar surface area (TPSA) is 53.7 Å². The normalized spacial score (nSPS) is 10.8. The van der Waals surface area contributed by atoms with Crippen molar-refractivity contribution in [2.45, 2.75) is 4.90 Å². The van der Waals surface area contributed by atoms with E-state index in [0.717, 1.165) is 10.6 Å². The maximum absolute atomic E-state index is 13.0. The number of nitrogens with two attached hydrogens (primary N) is 1. The lowest BCUT2D eigenvalue weighted by molar-refractivity contribution is 0.0286. The van der Waals surface area contributed by atoms with Gasteiger partial charge in [-0.25, -0.2) is 4.39 Å². The molecule has 19 heavy (non-hydrogen) atoms. The van der Waals surface area contributed by atoms with Crippen molar-refractivity contribution in [3.05, 3.63) is 24.0 Å². The molecule has 0 aromatic heterocycles. The first-order chi connectivity index (χ1) is 9.24. The molecule has 0 unspecified atom stereocenters. The summed E-state index contributed by atoms with van der Waals surface area (Å²) in [5, 5.41) is 0. The van der Waals surface area contributed by atoms with Gasteiger partial charge in [-0.15, -0.1) is 11.8 Å². The minimum atomic E-state index is -0.274. The lowest BCUT2D eigenvalue weighted by Gasteiger charge is -2.07. The average Bonchev–Trinajstić information content (AvgIpc) is 2.40. The zero-order valence-corrected chi connectivity index (χ0v) is 11.9. The zero-order valence-electron chi connectivity index (χ0n) is 11.1. The van der Waals surface area contributed by atoms with Crippen LogP contribution in [0.4, 0.5) is 10.1 Å². The van der Waals surface area contributed by atoms with E-state index in [-0.39, 0.29) is 5.82 Å². The number of hydrogen-bond donors (Lipinski definition) is 1. The van der Waals surface area contributed by atoms with Crippen LogP contribution in [0.5, 0.6) is 0 Å². The van der Waals surface area contributed by atoms with E-state index in [1.54, 1.807) is 13.2 Å². The molecule has 0 aliphatic heterocycles. The van der Waals surface area contributed by atoms with Gasteiger partial charge in [0.05, 0.1) is 33.0 Å². The minimum Gasteiger partial charge on any atom is -0.398 e. The third kappa shape index (κ3) is 7.37. The summed E-state index contributed by atoms with van der Waals surface area (Å²) in [4.78, 5) is 0.750. The van der Waals surface area contributed by atoms with Crippen LogP contribution in [0.25, 0.3) is 0 Å². The monoisotopic (exact) mass is 289 g/mol. The largest absolute Gasteiger partial charge is 0.398 e. The molecule has 0 spiro atoms. The average molecular weight is 289 g/mol. The third-order valence-corrected chi connectivity index (χ3v) is 3.30. The number of thioether (sulfide) groups is 1. The van der Waals surface area contributed by atoms with Crippen LogP contribution >= 0.6 is 11.8 Å². The van der Waals surface area contributed by atoms with E-state index in [1.165, 1.54) is 23.9 Å². The lowest BCUT2D eigenvalue weighted by Crippen LogP contribution is -2.09. The molecule has 4 nitrogen and oxygen atoms in total. The highest BCUT2D eigenvalue weighted by atomic mass is 32.2. The van der Waals surface area contributed by atoms with Crippen LogP contribution in [0, 0.1) is 5.82 Å². The molecule has 0 radical (unpaired) electrons. The number of hydrogen-bond acceptors (Lipinski definition) is 5. The van der Waals surface area contributed by atoms with Crippen molar-refractivity contribution >= 4 is 17.4 Å². The number of ether oxygens (including phenoxy) is 3. The van der Waals surface area contributed by atoms with Gasteiger partial charge in [0, 0.05) is 23.4 Å². The second-order valence-electron chi connectivity index (χ2n) is 3.75. The Morgan fingerprint density at radius 2 is 1.79 bits per heavy atom. The molecule has 0 heterocycles. The van der Waals surface area contributed by atoms with E-state index in [0.29, 0.717) is 38.7 Å². The molecule has 0 amide bonds. The van der Waals surface area contributed by atoms with Gasteiger partial charge in [0.15, 0.2) is 0 Å². The van der Waals surface area contributed by atoms with Gasteiger partial charge in [-0.1, -0.05) is 0 Å². The molecule has 2 N–H and O–H groups in total. The molecule has 0 atom stereocenters. The fourth-order valence-corrected chi connectivity index (χ4v) is 2.16. The zero-order chi connectivity index (χ0) is 13.9. The number of rotatable bonds is 10. The van der Waals surface area contributed by atoms with Crippen molar-refractivity contribution in [2.24, 2.45) is 0 Å². The molecule has 6 heteroatoms. The molecule has 108 valence electrons. The summed E-state index contributed by atoms with van der Waals surface area (Å²) in [5.41, 5.74) is 6.33. The Balaban J connectivity index is 2.03. The molecule has 0 bridgehead atoms. The van der Waals surface area contributed by atoms with Gasteiger partial charge in [-0.05, 0) is 18.2 Å². The predicted molar refractivity (Wildman–Crippen MR) is 75.1 cm³/mol. The van der Waals surface area contributed by atoms with E-state index >= 15 is 0 Å². The highest BCUT2D eigenvalue weighted by molar-refractivity contribution is 7.99. The Morgan fingerprint density at radius 3 is 2.53 bits per heavy atom. The molecule has 1 aromatic carbocycles. The lowest BCUT2D eigenvalue weighted by atomic mass is 10.3. The molecular weight excluding hydrogens is 269 g/mol. The Labute approximate surface area is 117 Å². The van der Waals surface area contributed by atoms with E-state index in [2.05, 4.69) is 0 Å². The van der Waals surface area contributed by atoms with E-state index < -0.39 is 0 Å². The standard InChI is InChI=1S/C13H20FNO3S/c1-16-4-5-17-6-7-18-8-9-19-13-10-11(14)2-3-12(13)15/h2-3,10H,4-9,15H2,1H3. The summed E-state index contributed by atoms with van der Waals surface area (Å²) < 4.78 is 28.5. The number of methoxy groups -OCH3 is 1. The number of benzene rings is 1. The van der Waals surface area contributed by atoms with Crippen LogP contribution in [-0.4, -0.2) is 45.9 Å². The van der Waals surface area contributed by atoms with Crippen LogP contribution in [-0.2, 0) is 14.2 Å². The summed E-state index contributed by atoms with van der Waals surface area (Å²) in [6.45, 7) is 2.84. The SMILES string of the molecule is COCCOCCOCCSc1cc(F)ccc1N. The highest BCUT2D eigenvalue weighted by Gasteiger charge is 2.01. The van der Waals surface area contributed by atoms with Crippen molar-refractivity contribution in [2.75, 3.05) is 51.6 Å². The van der Waals surface area contributed by atoms with Crippen molar-refractivity contribution in [1.82, 2.24) is 0 Å². The Morgan fingerprint density at radius 1 is 1.11 bits per heavy atom. The van der Waals surface area contributed by atoms with Crippen LogP contribution in [0.3, 0.4) is 0 Å². The first kappa shape index (κ1) is 16.2. The number of anilines is 1. The van der Waals surface area contributed by atoms with Gasteiger partial charge in [-0.3, -0.25) is 0 Å². The highest BCUT2D eigenvalue weighted by Crippen LogP contribution is 2.25. The van der Waals surface area contributed by atoms with Crippen LogP contribution in [0.2, 0.25) is 0 Å². The van der Waals surface area contributed by atoms with Crippen molar-refractivity contribution in [3.8, 4) is 0 Å². The van der Waals surface area contributed by atoms with Gasteiger partial charge in [0.1, 0.15) is 5.82 Å². The summed E-state index contributed by atoms with van der Waals surface area (Å²) in [6.07, 6.45) is 0. The number of halogens is 1. The second-order valence-corrected chi connectivity index (χ2v) is 4.88. The molecular formula is C13H20FNO3S. The maximum atomic E-state index is 13.0. The van der Waals surface area contributed by atoms with Crippen molar-refractivity contribution in [1.29, 1.82) is 0 Å².